The molecule has 0 unspecified atom stereocenters. The van der Waals surface area contributed by atoms with E-state index < -0.39 is 0 Å². The van der Waals surface area contributed by atoms with Crippen LogP contribution in [-0.2, 0) is 6.54 Å². The molecule has 1 aromatic carbocycles. The number of halogens is 1. The van der Waals surface area contributed by atoms with Gasteiger partial charge in [0.1, 0.15) is 17.3 Å². The maximum Gasteiger partial charge on any atom is 0.317 e. The van der Waals surface area contributed by atoms with Crippen LogP contribution in [0.1, 0.15) is 36.2 Å². The molecule has 2 amide bonds. The van der Waals surface area contributed by atoms with Crippen molar-refractivity contribution in [3.8, 4) is 11.3 Å². The molecule has 0 bridgehead atoms. The van der Waals surface area contributed by atoms with Gasteiger partial charge < -0.3 is 14.7 Å². The number of urea groups is 1. The predicted octanol–water partition coefficient (Wildman–Crippen LogP) is 3.00. The predicted molar refractivity (Wildman–Crippen MR) is 98.8 cm³/mol. The van der Waals surface area contributed by atoms with Crippen molar-refractivity contribution in [3.05, 3.63) is 53.6 Å². The Morgan fingerprint density at radius 2 is 2.21 bits per heavy atom. The van der Waals surface area contributed by atoms with Crippen molar-refractivity contribution < 1.29 is 13.7 Å². The van der Waals surface area contributed by atoms with E-state index in [0.717, 1.165) is 30.1 Å². The maximum absolute atomic E-state index is 13.0. The minimum Gasteiger partial charge on any atom is -0.359 e. The second kappa shape index (κ2) is 7.79. The van der Waals surface area contributed by atoms with E-state index in [4.69, 9.17) is 4.52 Å². The molecule has 1 aliphatic heterocycles. The Morgan fingerprint density at radius 1 is 1.39 bits per heavy atom. The van der Waals surface area contributed by atoms with Gasteiger partial charge in [-0.2, -0.15) is 5.10 Å². The van der Waals surface area contributed by atoms with E-state index in [0.29, 0.717) is 24.5 Å². The van der Waals surface area contributed by atoms with Crippen LogP contribution in [-0.4, -0.2) is 44.4 Å². The fourth-order valence-electron chi connectivity index (χ4n) is 3.34. The molecule has 2 aromatic heterocycles. The minimum absolute atomic E-state index is 0.139. The van der Waals surface area contributed by atoms with Gasteiger partial charge in [0.15, 0.2) is 11.6 Å². The first-order chi connectivity index (χ1) is 13.6. The van der Waals surface area contributed by atoms with E-state index in [1.807, 2.05) is 6.92 Å². The number of nitrogens with zero attached hydrogens (tertiary/aromatic N) is 4. The Labute approximate surface area is 161 Å². The Morgan fingerprint density at radius 3 is 2.96 bits per heavy atom. The van der Waals surface area contributed by atoms with Crippen LogP contribution in [0.25, 0.3) is 11.3 Å². The highest BCUT2D eigenvalue weighted by Crippen LogP contribution is 2.24. The van der Waals surface area contributed by atoms with Crippen molar-refractivity contribution in [1.29, 1.82) is 0 Å². The first-order valence-corrected chi connectivity index (χ1v) is 9.21. The summed E-state index contributed by atoms with van der Waals surface area (Å²) in [7, 11) is 0. The summed E-state index contributed by atoms with van der Waals surface area (Å²) in [5.74, 6) is 1.90. The van der Waals surface area contributed by atoms with Crippen LogP contribution in [0.2, 0.25) is 0 Å². The SMILES string of the molecule is Cc1nc([C@@H]2CCCN(C(=O)NCc3cc(-c4ccc(F)cc4)no3)C2)n[nH]1. The first-order valence-electron chi connectivity index (χ1n) is 9.21. The standard InChI is InChI=1S/C19H21FN6O2/c1-12-22-18(24-23-12)14-3-2-8-26(11-14)19(27)21-10-16-9-17(25-28-16)13-4-6-15(20)7-5-13/h4-7,9,14H,2-3,8,10-11H2,1H3,(H,21,27)(H,22,23,24)/t14-/m1/s1. The fraction of sp³-hybridized carbons (Fsp3) is 0.368. The number of carbonyl (C=O) groups is 1. The second-order valence-electron chi connectivity index (χ2n) is 6.91. The molecule has 0 spiro atoms. The van der Waals surface area contributed by atoms with Gasteiger partial charge in [-0.15, -0.1) is 0 Å². The lowest BCUT2D eigenvalue weighted by atomic mass is 9.98. The lowest BCUT2D eigenvalue weighted by Gasteiger charge is -2.31. The molecule has 0 aliphatic carbocycles. The lowest BCUT2D eigenvalue weighted by Crippen LogP contribution is -2.44. The molecule has 28 heavy (non-hydrogen) atoms. The summed E-state index contributed by atoms with van der Waals surface area (Å²) in [6, 6.07) is 7.59. The molecule has 146 valence electrons. The third kappa shape index (κ3) is 4.03. The zero-order valence-corrected chi connectivity index (χ0v) is 15.5. The summed E-state index contributed by atoms with van der Waals surface area (Å²) in [6.45, 7) is 3.37. The number of piperidine rings is 1. The van der Waals surface area contributed by atoms with Gasteiger partial charge in [0, 0.05) is 30.6 Å². The van der Waals surface area contributed by atoms with Crippen LogP contribution in [0.4, 0.5) is 9.18 Å². The number of amides is 2. The second-order valence-corrected chi connectivity index (χ2v) is 6.91. The Kier molecular flexibility index (Phi) is 5.05. The van der Waals surface area contributed by atoms with Gasteiger partial charge >= 0.3 is 6.03 Å². The Balaban J connectivity index is 1.33. The number of likely N-dealkylation sites (tertiary alicyclic amines) is 1. The maximum atomic E-state index is 13.0. The van der Waals surface area contributed by atoms with E-state index in [9.17, 15) is 9.18 Å². The van der Waals surface area contributed by atoms with Gasteiger partial charge in [0.05, 0.1) is 6.54 Å². The quantitative estimate of drug-likeness (QED) is 0.720. The summed E-state index contributed by atoms with van der Waals surface area (Å²) in [6.07, 6.45) is 1.87. The fourth-order valence-corrected chi connectivity index (χ4v) is 3.34. The van der Waals surface area contributed by atoms with E-state index >= 15 is 0 Å². The van der Waals surface area contributed by atoms with Gasteiger partial charge in [-0.25, -0.2) is 14.2 Å². The van der Waals surface area contributed by atoms with Gasteiger partial charge in [-0.3, -0.25) is 5.10 Å². The third-order valence-corrected chi connectivity index (χ3v) is 4.80. The number of carbonyl (C=O) groups excluding carboxylic acids is 1. The monoisotopic (exact) mass is 384 g/mol. The van der Waals surface area contributed by atoms with Gasteiger partial charge in [0.25, 0.3) is 0 Å². The zero-order chi connectivity index (χ0) is 19.5. The average molecular weight is 384 g/mol. The molecule has 0 radical (unpaired) electrons. The highest BCUT2D eigenvalue weighted by molar-refractivity contribution is 5.74. The molecule has 1 saturated heterocycles. The molecule has 4 rings (SSSR count). The number of aromatic nitrogens is 4. The van der Waals surface area contributed by atoms with E-state index in [2.05, 4.69) is 25.7 Å². The smallest absolute Gasteiger partial charge is 0.317 e. The van der Waals surface area contributed by atoms with Crippen molar-refractivity contribution in [2.45, 2.75) is 32.2 Å². The van der Waals surface area contributed by atoms with Crippen molar-refractivity contribution in [3.63, 3.8) is 0 Å². The highest BCUT2D eigenvalue weighted by Gasteiger charge is 2.27. The van der Waals surface area contributed by atoms with E-state index in [1.165, 1.54) is 12.1 Å². The van der Waals surface area contributed by atoms with Gasteiger partial charge in [-0.05, 0) is 44.0 Å². The van der Waals surface area contributed by atoms with Crippen LogP contribution in [0, 0.1) is 12.7 Å². The van der Waals surface area contributed by atoms with Crippen LogP contribution >= 0.6 is 0 Å². The number of H-pyrrole nitrogens is 1. The van der Waals surface area contributed by atoms with E-state index in [1.54, 1.807) is 23.1 Å². The molecule has 1 fully saturated rings. The summed E-state index contributed by atoms with van der Waals surface area (Å²) in [4.78, 5) is 18.7. The number of aryl methyl sites for hydroxylation is 1. The molecule has 3 heterocycles. The molecule has 3 aromatic rings. The van der Waals surface area contributed by atoms with Crippen molar-refractivity contribution in [1.82, 2.24) is 30.6 Å². The molecular weight excluding hydrogens is 363 g/mol. The molecule has 1 aliphatic rings. The van der Waals surface area contributed by atoms with Crippen molar-refractivity contribution in [2.24, 2.45) is 0 Å². The first kappa shape index (κ1) is 18.1. The lowest BCUT2D eigenvalue weighted by molar-refractivity contribution is 0.177. The summed E-state index contributed by atoms with van der Waals surface area (Å²) in [5.41, 5.74) is 1.35. The summed E-state index contributed by atoms with van der Waals surface area (Å²) in [5, 5.41) is 13.9. The van der Waals surface area contributed by atoms with Gasteiger partial charge in [0.2, 0.25) is 0 Å². The number of nitrogens with one attached hydrogen (secondary N) is 2. The number of benzene rings is 1. The van der Waals surface area contributed by atoms with Crippen molar-refractivity contribution in [2.75, 3.05) is 13.1 Å². The molecule has 9 heteroatoms. The molecule has 2 N–H and O–H groups in total. The largest absolute Gasteiger partial charge is 0.359 e. The Bertz CT molecular complexity index is 952. The average Bonchev–Trinajstić information content (AvgIpc) is 3.36. The highest BCUT2D eigenvalue weighted by atomic mass is 19.1. The molecular formula is C19H21FN6O2. The number of hydrogen-bond donors (Lipinski definition) is 2. The van der Waals surface area contributed by atoms with Crippen LogP contribution in [0.3, 0.4) is 0 Å². The number of rotatable bonds is 4. The minimum atomic E-state index is -0.306. The van der Waals surface area contributed by atoms with Crippen LogP contribution in [0.15, 0.2) is 34.9 Å². The third-order valence-electron chi connectivity index (χ3n) is 4.80. The number of hydrogen-bond acceptors (Lipinski definition) is 5. The molecule has 0 saturated carbocycles. The van der Waals surface area contributed by atoms with Gasteiger partial charge in [-0.1, -0.05) is 5.16 Å². The molecule has 1 atom stereocenters. The number of aromatic amines is 1. The Hall–Kier alpha value is -3.23. The normalized spacial score (nSPS) is 16.9. The van der Waals surface area contributed by atoms with E-state index in [-0.39, 0.29) is 24.3 Å². The summed E-state index contributed by atoms with van der Waals surface area (Å²) < 4.78 is 18.3. The molecule has 8 nitrogen and oxygen atoms in total. The topological polar surface area (TPSA) is 99.9 Å². The summed E-state index contributed by atoms with van der Waals surface area (Å²) >= 11 is 0. The zero-order valence-electron chi connectivity index (χ0n) is 15.5. The van der Waals surface area contributed by atoms with Crippen molar-refractivity contribution >= 4 is 6.03 Å². The van der Waals surface area contributed by atoms with Crippen LogP contribution in [0.5, 0.6) is 0 Å². The van der Waals surface area contributed by atoms with Crippen LogP contribution < -0.4 is 5.32 Å².